The summed E-state index contributed by atoms with van der Waals surface area (Å²) in [6, 6.07) is 3.24. The van der Waals surface area contributed by atoms with Crippen LogP contribution in [0.4, 0.5) is 4.39 Å². The third-order valence-electron chi connectivity index (χ3n) is 2.60. The Morgan fingerprint density at radius 3 is 2.71 bits per heavy atom. The van der Waals surface area contributed by atoms with Gasteiger partial charge in [0.1, 0.15) is 24.2 Å². The van der Waals surface area contributed by atoms with E-state index in [1.807, 2.05) is 0 Å². The zero-order chi connectivity index (χ0) is 15.8. The average Bonchev–Trinajstić information content (AvgIpc) is 2.42. The Balaban J connectivity index is 2.91. The molecule has 0 saturated heterocycles. The maximum absolute atomic E-state index is 13.5. The molecule has 1 amide bonds. The number of benzene rings is 1. The van der Waals surface area contributed by atoms with Gasteiger partial charge in [-0.15, -0.1) is 0 Å². The van der Waals surface area contributed by atoms with Gasteiger partial charge in [-0.2, -0.15) is 0 Å². The second-order valence-corrected chi connectivity index (χ2v) is 4.38. The lowest BCUT2D eigenvalue weighted by Crippen LogP contribution is -2.42. The maximum atomic E-state index is 13.5. The fourth-order valence-electron chi connectivity index (χ4n) is 1.79. The molecule has 114 valence electrons. The van der Waals surface area contributed by atoms with Gasteiger partial charge in [0, 0.05) is 19.4 Å². The maximum Gasteiger partial charge on any atom is 0.328 e. The lowest BCUT2D eigenvalue weighted by atomic mass is 10.1. The van der Waals surface area contributed by atoms with Gasteiger partial charge in [0.05, 0.1) is 7.11 Å². The van der Waals surface area contributed by atoms with Crippen molar-refractivity contribution in [1.82, 2.24) is 5.32 Å². The summed E-state index contributed by atoms with van der Waals surface area (Å²) in [5.41, 5.74) is 0.512. The van der Waals surface area contributed by atoms with Gasteiger partial charge in [-0.25, -0.2) is 9.18 Å². The van der Waals surface area contributed by atoms with Gasteiger partial charge in [0.2, 0.25) is 5.91 Å². The normalized spacial score (nSPS) is 11.4. The predicted octanol–water partition coefficient (Wildman–Crippen LogP) is 1.61. The largest absolute Gasteiger partial charge is 0.489 e. The first-order chi connectivity index (χ1) is 9.96. The zero-order valence-corrected chi connectivity index (χ0v) is 12.0. The van der Waals surface area contributed by atoms with Crippen LogP contribution in [-0.2, 0) is 20.7 Å². The molecule has 0 bridgehead atoms. The van der Waals surface area contributed by atoms with Gasteiger partial charge in [-0.3, -0.25) is 4.79 Å². The van der Waals surface area contributed by atoms with Crippen LogP contribution in [0.2, 0.25) is 0 Å². The van der Waals surface area contributed by atoms with E-state index in [1.54, 1.807) is 12.1 Å². The Hall–Kier alpha value is -2.37. The van der Waals surface area contributed by atoms with Crippen LogP contribution in [0.15, 0.2) is 30.9 Å². The molecule has 1 rings (SSSR count). The summed E-state index contributed by atoms with van der Waals surface area (Å²) < 4.78 is 23.4. The van der Waals surface area contributed by atoms with Crippen LogP contribution in [0, 0.1) is 5.82 Å². The minimum atomic E-state index is -0.874. The zero-order valence-electron chi connectivity index (χ0n) is 12.0. The summed E-state index contributed by atoms with van der Waals surface area (Å²) in [5, 5.41) is 2.47. The number of halogens is 1. The van der Waals surface area contributed by atoms with Gasteiger partial charge in [-0.1, -0.05) is 12.7 Å². The van der Waals surface area contributed by atoms with Crippen molar-refractivity contribution >= 4 is 11.9 Å². The highest BCUT2D eigenvalue weighted by atomic mass is 19.1. The third-order valence-corrected chi connectivity index (χ3v) is 2.60. The molecule has 0 spiro atoms. The van der Waals surface area contributed by atoms with E-state index in [-0.39, 0.29) is 18.9 Å². The van der Waals surface area contributed by atoms with Crippen molar-refractivity contribution in [3.63, 3.8) is 0 Å². The van der Waals surface area contributed by atoms with Crippen molar-refractivity contribution in [2.24, 2.45) is 0 Å². The molecule has 1 atom stereocenters. The van der Waals surface area contributed by atoms with E-state index in [0.29, 0.717) is 11.3 Å². The molecule has 0 radical (unpaired) electrons. The first-order valence-corrected chi connectivity index (χ1v) is 6.34. The van der Waals surface area contributed by atoms with Gasteiger partial charge in [0.15, 0.2) is 0 Å². The van der Waals surface area contributed by atoms with E-state index in [9.17, 15) is 14.0 Å². The minimum Gasteiger partial charge on any atom is -0.489 e. The van der Waals surface area contributed by atoms with Gasteiger partial charge >= 0.3 is 5.97 Å². The molecule has 0 aliphatic rings. The highest BCUT2D eigenvalue weighted by molar-refractivity contribution is 5.83. The average molecular weight is 295 g/mol. The third kappa shape index (κ3) is 5.64. The Morgan fingerprint density at radius 2 is 2.14 bits per heavy atom. The number of amides is 1. The van der Waals surface area contributed by atoms with Crippen LogP contribution in [0.5, 0.6) is 5.75 Å². The van der Waals surface area contributed by atoms with Crippen LogP contribution < -0.4 is 10.1 Å². The lowest BCUT2D eigenvalue weighted by Gasteiger charge is -2.16. The summed E-state index contributed by atoms with van der Waals surface area (Å²) in [6.45, 7) is 5.05. The number of methoxy groups -OCH3 is 1. The van der Waals surface area contributed by atoms with Crippen LogP contribution in [0.25, 0.3) is 0 Å². The number of nitrogens with one attached hydrogen (secondary N) is 1. The fourth-order valence-corrected chi connectivity index (χ4v) is 1.79. The molecule has 1 N–H and O–H groups in total. The number of rotatable bonds is 7. The van der Waals surface area contributed by atoms with Crippen molar-refractivity contribution < 1.29 is 23.5 Å². The Bertz CT molecular complexity index is 530. The number of esters is 1. The summed E-state index contributed by atoms with van der Waals surface area (Å²) in [4.78, 5) is 22.7. The van der Waals surface area contributed by atoms with Crippen molar-refractivity contribution in [2.75, 3.05) is 13.7 Å². The molecule has 1 unspecified atom stereocenters. The number of ether oxygens (including phenoxy) is 2. The number of carbonyl (C=O) groups is 2. The number of hydrogen-bond donors (Lipinski definition) is 1. The second-order valence-electron chi connectivity index (χ2n) is 4.38. The molecule has 0 aliphatic heterocycles. The topological polar surface area (TPSA) is 64.6 Å². The second kappa shape index (κ2) is 8.04. The summed E-state index contributed by atoms with van der Waals surface area (Å²) >= 11 is 0. The Kier molecular flexibility index (Phi) is 6.39. The van der Waals surface area contributed by atoms with Crippen LogP contribution in [0.1, 0.15) is 12.5 Å². The van der Waals surface area contributed by atoms with Crippen molar-refractivity contribution in [2.45, 2.75) is 19.4 Å². The first kappa shape index (κ1) is 16.7. The Morgan fingerprint density at radius 1 is 1.43 bits per heavy atom. The van der Waals surface area contributed by atoms with E-state index in [1.165, 1.54) is 26.2 Å². The standard InChI is InChI=1S/C15H18FNO4/c1-4-5-21-13-7-11(6-12(16)9-13)8-14(15(19)20-3)17-10(2)18/h4,6-7,9,14H,1,5,8H2,2-3H3,(H,17,18). The molecule has 1 aromatic carbocycles. The quantitative estimate of drug-likeness (QED) is 0.613. The van der Waals surface area contributed by atoms with E-state index >= 15 is 0 Å². The molecule has 0 aromatic heterocycles. The molecule has 0 heterocycles. The van der Waals surface area contributed by atoms with Crippen molar-refractivity contribution in [3.05, 3.63) is 42.2 Å². The summed E-state index contributed by atoms with van der Waals surface area (Å²) in [6.07, 6.45) is 1.65. The van der Waals surface area contributed by atoms with E-state index in [2.05, 4.69) is 16.6 Å². The minimum absolute atomic E-state index is 0.106. The number of carbonyl (C=O) groups excluding carboxylic acids is 2. The highest BCUT2D eigenvalue weighted by Crippen LogP contribution is 2.18. The van der Waals surface area contributed by atoms with E-state index < -0.39 is 17.8 Å². The van der Waals surface area contributed by atoms with Crippen molar-refractivity contribution in [3.8, 4) is 5.75 Å². The van der Waals surface area contributed by atoms with Crippen LogP contribution in [-0.4, -0.2) is 31.6 Å². The summed E-state index contributed by atoms with van der Waals surface area (Å²) in [7, 11) is 1.22. The lowest BCUT2D eigenvalue weighted by molar-refractivity contribution is -0.144. The van der Waals surface area contributed by atoms with E-state index in [0.717, 1.165) is 0 Å². The van der Waals surface area contributed by atoms with E-state index in [4.69, 9.17) is 4.74 Å². The Labute approximate surface area is 122 Å². The van der Waals surface area contributed by atoms with Crippen molar-refractivity contribution in [1.29, 1.82) is 0 Å². The molecule has 5 nitrogen and oxygen atoms in total. The summed E-state index contributed by atoms with van der Waals surface area (Å²) in [5.74, 6) is -1.12. The predicted molar refractivity (Wildman–Crippen MR) is 75.4 cm³/mol. The highest BCUT2D eigenvalue weighted by Gasteiger charge is 2.21. The molecular formula is C15H18FNO4. The number of hydrogen-bond acceptors (Lipinski definition) is 4. The molecule has 21 heavy (non-hydrogen) atoms. The van der Waals surface area contributed by atoms with Gasteiger partial charge in [-0.05, 0) is 17.7 Å². The molecule has 6 heteroatoms. The van der Waals surface area contributed by atoms with Gasteiger partial charge < -0.3 is 14.8 Å². The smallest absolute Gasteiger partial charge is 0.328 e. The molecule has 0 aliphatic carbocycles. The fraction of sp³-hybridized carbons (Fsp3) is 0.333. The molecule has 0 saturated carbocycles. The van der Waals surface area contributed by atoms with Crippen LogP contribution in [0.3, 0.4) is 0 Å². The monoisotopic (exact) mass is 295 g/mol. The van der Waals surface area contributed by atoms with Gasteiger partial charge in [0.25, 0.3) is 0 Å². The van der Waals surface area contributed by atoms with Crippen LogP contribution >= 0.6 is 0 Å². The molecular weight excluding hydrogens is 277 g/mol. The first-order valence-electron chi connectivity index (χ1n) is 6.34. The molecule has 0 fully saturated rings. The molecule has 1 aromatic rings. The SMILES string of the molecule is C=CCOc1cc(F)cc(CC(NC(C)=O)C(=O)OC)c1.